The van der Waals surface area contributed by atoms with Gasteiger partial charge in [-0.3, -0.25) is 0 Å². The molecular formula is C22H27N3OS. The first-order valence-electron chi connectivity index (χ1n) is 9.23. The Labute approximate surface area is 166 Å². The number of para-hydroxylation sites is 1. The van der Waals surface area contributed by atoms with E-state index in [9.17, 15) is 0 Å². The van der Waals surface area contributed by atoms with Crippen LogP contribution < -0.4 is 4.74 Å². The smallest absolute Gasteiger partial charge is 0.191 e. The summed E-state index contributed by atoms with van der Waals surface area (Å²) in [5, 5.41) is 9.83. The predicted molar refractivity (Wildman–Crippen MR) is 112 cm³/mol. The van der Waals surface area contributed by atoms with Crippen LogP contribution >= 0.6 is 11.8 Å². The second kappa shape index (κ2) is 8.17. The third-order valence-corrected chi connectivity index (χ3v) is 5.61. The molecule has 0 aliphatic heterocycles. The number of aromatic nitrogens is 3. The van der Waals surface area contributed by atoms with Gasteiger partial charge in [0.1, 0.15) is 5.75 Å². The van der Waals surface area contributed by atoms with E-state index in [2.05, 4.69) is 72.8 Å². The van der Waals surface area contributed by atoms with E-state index in [4.69, 9.17) is 4.74 Å². The molecular weight excluding hydrogens is 354 g/mol. The normalized spacial score (nSPS) is 11.6. The third kappa shape index (κ3) is 4.35. The van der Waals surface area contributed by atoms with Crippen LogP contribution in [0.25, 0.3) is 11.4 Å². The molecule has 2 aromatic carbocycles. The van der Waals surface area contributed by atoms with Gasteiger partial charge in [-0.25, -0.2) is 0 Å². The highest BCUT2D eigenvalue weighted by Crippen LogP contribution is 2.30. The highest BCUT2D eigenvalue weighted by molar-refractivity contribution is 7.98. The first-order valence-corrected chi connectivity index (χ1v) is 10.2. The minimum Gasteiger partial charge on any atom is -0.496 e. The van der Waals surface area contributed by atoms with E-state index in [1.807, 2.05) is 18.2 Å². The van der Waals surface area contributed by atoms with Crippen LogP contribution in [0.1, 0.15) is 38.8 Å². The summed E-state index contributed by atoms with van der Waals surface area (Å²) in [5.74, 6) is 2.62. The monoisotopic (exact) mass is 381 g/mol. The van der Waals surface area contributed by atoms with Gasteiger partial charge < -0.3 is 9.30 Å². The number of hydrogen-bond acceptors (Lipinski definition) is 4. The minimum atomic E-state index is 0.146. The Kier molecular flexibility index (Phi) is 5.90. The van der Waals surface area contributed by atoms with Crippen molar-refractivity contribution in [2.45, 2.75) is 50.6 Å². The van der Waals surface area contributed by atoms with Crippen molar-refractivity contribution in [1.29, 1.82) is 0 Å². The van der Waals surface area contributed by atoms with Crippen molar-refractivity contribution in [3.05, 3.63) is 59.7 Å². The highest BCUT2D eigenvalue weighted by atomic mass is 32.2. The van der Waals surface area contributed by atoms with Gasteiger partial charge >= 0.3 is 0 Å². The minimum absolute atomic E-state index is 0.146. The first-order chi connectivity index (χ1) is 12.9. The van der Waals surface area contributed by atoms with E-state index in [1.54, 1.807) is 18.9 Å². The van der Waals surface area contributed by atoms with E-state index < -0.39 is 0 Å². The Balaban J connectivity index is 1.82. The van der Waals surface area contributed by atoms with Gasteiger partial charge in [0.25, 0.3) is 0 Å². The number of rotatable bonds is 6. The summed E-state index contributed by atoms with van der Waals surface area (Å²) in [6.07, 6.45) is 0. The van der Waals surface area contributed by atoms with Crippen LogP contribution in [0.2, 0.25) is 0 Å². The van der Waals surface area contributed by atoms with Gasteiger partial charge in [-0.2, -0.15) is 0 Å². The van der Waals surface area contributed by atoms with Crippen LogP contribution in [-0.2, 0) is 17.7 Å². The fourth-order valence-electron chi connectivity index (χ4n) is 2.98. The molecule has 4 nitrogen and oxygen atoms in total. The number of nitrogens with zero attached hydrogens (tertiary/aromatic N) is 3. The Bertz CT molecular complexity index is 895. The average molecular weight is 382 g/mol. The van der Waals surface area contributed by atoms with Crippen LogP contribution in [0.3, 0.4) is 0 Å². The average Bonchev–Trinajstić information content (AvgIpc) is 3.08. The largest absolute Gasteiger partial charge is 0.496 e. The molecule has 3 rings (SSSR count). The molecule has 0 radical (unpaired) electrons. The maximum atomic E-state index is 5.45. The summed E-state index contributed by atoms with van der Waals surface area (Å²) in [4.78, 5) is 0. The number of methoxy groups -OCH3 is 1. The molecule has 0 unspecified atom stereocenters. The van der Waals surface area contributed by atoms with Gasteiger partial charge in [-0.05, 0) is 24.0 Å². The molecule has 0 spiro atoms. The van der Waals surface area contributed by atoms with Crippen molar-refractivity contribution in [3.63, 3.8) is 0 Å². The van der Waals surface area contributed by atoms with Crippen LogP contribution in [0.4, 0.5) is 0 Å². The standard InChI is InChI=1S/C22H27N3OS/c1-6-25-20(16-11-13-18(14-12-16)22(2,3)4)23-24-21(25)27-15-17-9-7-8-10-19(17)26-5/h7-14H,6,15H2,1-5H3. The molecule has 0 atom stereocenters. The molecule has 0 N–H and O–H groups in total. The molecule has 3 aromatic rings. The fourth-order valence-corrected chi connectivity index (χ4v) is 3.97. The molecule has 0 aliphatic rings. The Morgan fingerprint density at radius 1 is 1.00 bits per heavy atom. The van der Waals surface area contributed by atoms with Crippen LogP contribution in [0.15, 0.2) is 53.7 Å². The lowest BCUT2D eigenvalue weighted by Gasteiger charge is -2.19. The fraction of sp³-hybridized carbons (Fsp3) is 0.364. The second-order valence-electron chi connectivity index (χ2n) is 7.48. The van der Waals surface area contributed by atoms with Gasteiger partial charge in [0, 0.05) is 23.4 Å². The number of hydrogen-bond donors (Lipinski definition) is 0. The first kappa shape index (κ1) is 19.5. The lowest BCUT2D eigenvalue weighted by Crippen LogP contribution is -2.10. The molecule has 0 aliphatic carbocycles. The molecule has 5 heteroatoms. The number of benzene rings is 2. The molecule has 0 fully saturated rings. The van der Waals surface area contributed by atoms with Crippen molar-refractivity contribution in [3.8, 4) is 17.1 Å². The summed E-state index contributed by atoms with van der Waals surface area (Å²) in [6.45, 7) is 9.64. The molecule has 0 saturated carbocycles. The maximum Gasteiger partial charge on any atom is 0.191 e. The van der Waals surface area contributed by atoms with Crippen molar-refractivity contribution >= 4 is 11.8 Å². The van der Waals surface area contributed by atoms with Crippen molar-refractivity contribution in [1.82, 2.24) is 14.8 Å². The Morgan fingerprint density at radius 3 is 2.33 bits per heavy atom. The predicted octanol–water partition coefficient (Wildman–Crippen LogP) is 5.56. The molecule has 1 aromatic heterocycles. The molecule has 0 saturated heterocycles. The molecule has 27 heavy (non-hydrogen) atoms. The van der Waals surface area contributed by atoms with E-state index in [0.717, 1.165) is 40.2 Å². The van der Waals surface area contributed by atoms with Gasteiger partial charge in [-0.1, -0.05) is 75.0 Å². The molecule has 0 amide bonds. The van der Waals surface area contributed by atoms with Crippen molar-refractivity contribution < 1.29 is 4.74 Å². The SMILES string of the molecule is CCn1c(SCc2ccccc2OC)nnc1-c1ccc(C(C)(C)C)cc1. The summed E-state index contributed by atoms with van der Waals surface area (Å²) in [6, 6.07) is 16.8. The lowest BCUT2D eigenvalue weighted by atomic mass is 9.87. The van der Waals surface area contributed by atoms with Crippen LogP contribution in [-0.4, -0.2) is 21.9 Å². The van der Waals surface area contributed by atoms with Crippen molar-refractivity contribution in [2.75, 3.05) is 7.11 Å². The van der Waals surface area contributed by atoms with Crippen LogP contribution in [0, 0.1) is 0 Å². The molecule has 0 bridgehead atoms. The zero-order valence-corrected chi connectivity index (χ0v) is 17.5. The summed E-state index contributed by atoms with van der Waals surface area (Å²) in [5.41, 5.74) is 3.72. The quantitative estimate of drug-likeness (QED) is 0.524. The molecule has 142 valence electrons. The van der Waals surface area contributed by atoms with E-state index in [1.165, 1.54) is 5.56 Å². The van der Waals surface area contributed by atoms with Gasteiger partial charge in [0.15, 0.2) is 11.0 Å². The highest BCUT2D eigenvalue weighted by Gasteiger charge is 2.16. The van der Waals surface area contributed by atoms with Gasteiger partial charge in [-0.15, -0.1) is 10.2 Å². The Morgan fingerprint density at radius 2 is 1.70 bits per heavy atom. The second-order valence-corrected chi connectivity index (χ2v) is 8.42. The summed E-state index contributed by atoms with van der Waals surface area (Å²) in [7, 11) is 1.71. The Hall–Kier alpha value is -2.27. The molecule has 1 heterocycles. The topological polar surface area (TPSA) is 39.9 Å². The summed E-state index contributed by atoms with van der Waals surface area (Å²) < 4.78 is 7.62. The van der Waals surface area contributed by atoms with Gasteiger partial charge in [0.05, 0.1) is 7.11 Å². The zero-order chi connectivity index (χ0) is 19.4. The maximum absolute atomic E-state index is 5.45. The third-order valence-electron chi connectivity index (χ3n) is 4.59. The van der Waals surface area contributed by atoms with Gasteiger partial charge in [0.2, 0.25) is 0 Å². The van der Waals surface area contributed by atoms with E-state index in [0.29, 0.717) is 0 Å². The van der Waals surface area contributed by atoms with Crippen molar-refractivity contribution in [2.24, 2.45) is 0 Å². The van der Waals surface area contributed by atoms with Crippen LogP contribution in [0.5, 0.6) is 5.75 Å². The number of thioether (sulfide) groups is 1. The van der Waals surface area contributed by atoms with E-state index in [-0.39, 0.29) is 5.41 Å². The summed E-state index contributed by atoms with van der Waals surface area (Å²) >= 11 is 1.69. The number of ether oxygens (including phenoxy) is 1. The van der Waals surface area contributed by atoms with E-state index >= 15 is 0 Å². The zero-order valence-electron chi connectivity index (χ0n) is 16.7. The lowest BCUT2D eigenvalue weighted by molar-refractivity contribution is 0.411.